The highest BCUT2D eigenvalue weighted by Crippen LogP contribution is 2.21. The van der Waals surface area contributed by atoms with E-state index < -0.39 is 17.9 Å². The third-order valence-electron chi connectivity index (χ3n) is 4.02. The molecule has 1 aliphatic rings. The van der Waals surface area contributed by atoms with Crippen molar-refractivity contribution >= 4 is 28.3 Å². The Bertz CT molecular complexity index is 762. The van der Waals surface area contributed by atoms with Crippen LogP contribution in [0, 0.1) is 0 Å². The number of benzene rings is 1. The first-order valence-electron chi connectivity index (χ1n) is 8.67. The van der Waals surface area contributed by atoms with Gasteiger partial charge in [-0.2, -0.15) is 0 Å². The molecule has 0 aliphatic carbocycles. The second kappa shape index (κ2) is 9.45. The second-order valence-corrected chi connectivity index (χ2v) is 6.83. The van der Waals surface area contributed by atoms with E-state index in [2.05, 4.69) is 20.7 Å². The first-order valence-corrected chi connectivity index (χ1v) is 9.55. The minimum Gasteiger partial charge on any atom is -0.378 e. The van der Waals surface area contributed by atoms with Gasteiger partial charge in [0.1, 0.15) is 11.8 Å². The Morgan fingerprint density at radius 1 is 1.26 bits per heavy atom. The molecule has 1 saturated heterocycles. The van der Waals surface area contributed by atoms with Crippen LogP contribution < -0.4 is 15.8 Å². The van der Waals surface area contributed by atoms with Gasteiger partial charge in [-0.15, -0.1) is 11.3 Å². The van der Waals surface area contributed by atoms with Crippen LogP contribution in [0.3, 0.4) is 0 Å². The van der Waals surface area contributed by atoms with Crippen molar-refractivity contribution in [2.75, 3.05) is 31.2 Å². The fourth-order valence-electron chi connectivity index (χ4n) is 2.42. The summed E-state index contributed by atoms with van der Waals surface area (Å²) in [5, 5.41) is 2.44. The van der Waals surface area contributed by atoms with Crippen LogP contribution in [-0.2, 0) is 20.9 Å². The number of hydrazine groups is 1. The Hall–Kier alpha value is -2.49. The molecule has 1 aromatic carbocycles. The maximum absolute atomic E-state index is 12.2. The quantitative estimate of drug-likeness (QED) is 0.724. The molecule has 0 saturated carbocycles. The molecule has 1 atom stereocenters. The lowest BCUT2D eigenvalue weighted by Gasteiger charge is -2.25. The highest BCUT2D eigenvalue weighted by atomic mass is 32.1. The zero-order chi connectivity index (χ0) is 19.1. The number of nitrogens with zero attached hydrogens (tertiary/aromatic N) is 2. The third-order valence-corrected chi connectivity index (χ3v) is 4.92. The van der Waals surface area contributed by atoms with E-state index in [1.165, 1.54) is 11.3 Å². The Kier molecular flexibility index (Phi) is 6.74. The molecule has 27 heavy (non-hydrogen) atoms. The third kappa shape index (κ3) is 5.49. The molecule has 0 radical (unpaired) electrons. The summed E-state index contributed by atoms with van der Waals surface area (Å²) in [6.45, 7) is 4.75. The van der Waals surface area contributed by atoms with Gasteiger partial charge in [0.25, 0.3) is 11.8 Å². The van der Waals surface area contributed by atoms with Crippen molar-refractivity contribution in [3.8, 4) is 0 Å². The minimum absolute atomic E-state index is 0.264. The van der Waals surface area contributed by atoms with Crippen molar-refractivity contribution in [3.05, 3.63) is 47.0 Å². The van der Waals surface area contributed by atoms with Gasteiger partial charge in [0.05, 0.1) is 19.8 Å². The van der Waals surface area contributed by atoms with Gasteiger partial charge in [0, 0.05) is 18.5 Å². The van der Waals surface area contributed by atoms with Crippen molar-refractivity contribution in [2.45, 2.75) is 19.6 Å². The molecule has 1 fully saturated rings. The first kappa shape index (κ1) is 19.3. The molecule has 2 heterocycles. The van der Waals surface area contributed by atoms with E-state index in [4.69, 9.17) is 9.47 Å². The number of ether oxygens (including phenoxy) is 2. The number of anilines is 1. The fraction of sp³-hybridized carbons (Fsp3) is 0.389. The van der Waals surface area contributed by atoms with Gasteiger partial charge in [0.2, 0.25) is 0 Å². The van der Waals surface area contributed by atoms with Crippen LogP contribution in [0.25, 0.3) is 0 Å². The summed E-state index contributed by atoms with van der Waals surface area (Å²) in [5.74, 6) is -0.891. The molecule has 8 nitrogen and oxygen atoms in total. The number of hydrogen-bond acceptors (Lipinski definition) is 7. The Balaban J connectivity index is 1.44. The zero-order valence-corrected chi connectivity index (χ0v) is 15.8. The molecule has 3 rings (SSSR count). The molecule has 1 aromatic heterocycles. The molecule has 2 aromatic rings. The van der Waals surface area contributed by atoms with Crippen molar-refractivity contribution < 1.29 is 19.1 Å². The van der Waals surface area contributed by atoms with Gasteiger partial charge >= 0.3 is 0 Å². The number of hydrogen-bond donors (Lipinski definition) is 2. The van der Waals surface area contributed by atoms with Gasteiger partial charge in [-0.25, -0.2) is 4.98 Å². The van der Waals surface area contributed by atoms with Crippen molar-refractivity contribution in [3.63, 3.8) is 0 Å². The Morgan fingerprint density at radius 3 is 2.74 bits per heavy atom. The monoisotopic (exact) mass is 390 g/mol. The molecule has 9 heteroatoms. The van der Waals surface area contributed by atoms with Crippen LogP contribution >= 0.6 is 11.3 Å². The van der Waals surface area contributed by atoms with Crippen LogP contribution in [0.15, 0.2) is 35.7 Å². The van der Waals surface area contributed by atoms with E-state index in [-0.39, 0.29) is 5.69 Å². The van der Waals surface area contributed by atoms with E-state index in [0.29, 0.717) is 19.8 Å². The minimum atomic E-state index is -0.704. The SMILES string of the molecule is CC(OCc1ccccc1)C(=O)NNC(=O)c1csc(N2CCOCC2)n1. The van der Waals surface area contributed by atoms with Gasteiger partial charge in [0.15, 0.2) is 5.13 Å². The van der Waals surface area contributed by atoms with E-state index >= 15 is 0 Å². The number of carbonyl (C=O) groups excluding carboxylic acids is 2. The van der Waals surface area contributed by atoms with E-state index in [0.717, 1.165) is 23.8 Å². The van der Waals surface area contributed by atoms with Crippen molar-refractivity contribution in [1.82, 2.24) is 15.8 Å². The molecule has 2 N–H and O–H groups in total. The summed E-state index contributed by atoms with van der Waals surface area (Å²) in [6.07, 6.45) is -0.704. The van der Waals surface area contributed by atoms with Crippen molar-refractivity contribution in [2.24, 2.45) is 0 Å². The Labute approximate surface area is 161 Å². The van der Waals surface area contributed by atoms with E-state index in [9.17, 15) is 9.59 Å². The first-order chi connectivity index (χ1) is 13.1. The van der Waals surface area contributed by atoms with Crippen LogP contribution in [0.4, 0.5) is 5.13 Å². The lowest BCUT2D eigenvalue weighted by molar-refractivity contribution is -0.133. The van der Waals surface area contributed by atoms with Gasteiger partial charge < -0.3 is 14.4 Å². The number of nitrogens with one attached hydrogen (secondary N) is 2. The summed E-state index contributed by atoms with van der Waals surface area (Å²) in [7, 11) is 0. The largest absolute Gasteiger partial charge is 0.378 e. The average molecular weight is 390 g/mol. The lowest BCUT2D eigenvalue weighted by Crippen LogP contribution is -2.46. The molecular weight excluding hydrogens is 368 g/mol. The predicted octanol–water partition coefficient (Wildman–Crippen LogP) is 1.35. The molecular formula is C18H22N4O4S. The zero-order valence-electron chi connectivity index (χ0n) is 15.0. The normalized spacial score (nSPS) is 15.2. The topological polar surface area (TPSA) is 92.8 Å². The predicted molar refractivity (Wildman–Crippen MR) is 101 cm³/mol. The lowest BCUT2D eigenvalue weighted by atomic mass is 10.2. The Morgan fingerprint density at radius 2 is 2.00 bits per heavy atom. The van der Waals surface area contributed by atoms with Crippen LogP contribution in [0.1, 0.15) is 23.0 Å². The average Bonchev–Trinajstić information content (AvgIpc) is 3.22. The summed E-state index contributed by atoms with van der Waals surface area (Å²) < 4.78 is 10.8. The maximum Gasteiger partial charge on any atom is 0.289 e. The highest BCUT2D eigenvalue weighted by Gasteiger charge is 2.19. The molecule has 0 bridgehead atoms. The molecule has 0 spiro atoms. The standard InChI is InChI=1S/C18H22N4O4S/c1-13(26-11-14-5-3-2-4-6-14)16(23)20-21-17(24)15-12-27-18(19-15)22-7-9-25-10-8-22/h2-6,12-13H,7-11H2,1H3,(H,20,23)(H,21,24). The van der Waals surface area contributed by atoms with Gasteiger partial charge in [-0.1, -0.05) is 30.3 Å². The number of amides is 2. The number of carbonyl (C=O) groups is 2. The number of aromatic nitrogens is 1. The highest BCUT2D eigenvalue weighted by molar-refractivity contribution is 7.13. The van der Waals surface area contributed by atoms with Gasteiger partial charge in [-0.3, -0.25) is 20.4 Å². The molecule has 144 valence electrons. The molecule has 2 amide bonds. The number of morpholine rings is 1. The molecule has 1 unspecified atom stereocenters. The van der Waals surface area contributed by atoms with Crippen LogP contribution in [0.5, 0.6) is 0 Å². The second-order valence-electron chi connectivity index (χ2n) is 6.00. The van der Waals surface area contributed by atoms with Gasteiger partial charge in [-0.05, 0) is 12.5 Å². The maximum atomic E-state index is 12.2. The summed E-state index contributed by atoms with van der Waals surface area (Å²) >= 11 is 1.39. The summed E-state index contributed by atoms with van der Waals surface area (Å²) in [4.78, 5) is 30.6. The fourth-order valence-corrected chi connectivity index (χ4v) is 3.28. The smallest absolute Gasteiger partial charge is 0.289 e. The summed E-state index contributed by atoms with van der Waals surface area (Å²) in [6, 6.07) is 9.56. The van der Waals surface area contributed by atoms with Crippen LogP contribution in [0.2, 0.25) is 0 Å². The van der Waals surface area contributed by atoms with Crippen LogP contribution in [-0.4, -0.2) is 49.2 Å². The van der Waals surface area contributed by atoms with Crippen molar-refractivity contribution in [1.29, 1.82) is 0 Å². The number of thiazole rings is 1. The molecule has 1 aliphatic heterocycles. The number of rotatable bonds is 6. The van der Waals surface area contributed by atoms with E-state index in [1.54, 1.807) is 12.3 Å². The summed E-state index contributed by atoms with van der Waals surface area (Å²) in [5.41, 5.74) is 5.98. The van der Waals surface area contributed by atoms with E-state index in [1.807, 2.05) is 30.3 Å².